The van der Waals surface area contributed by atoms with Gasteiger partial charge in [-0.15, -0.1) is 6.58 Å². The number of carbonyl (C=O) groups excluding carboxylic acids is 1. The second kappa shape index (κ2) is 5.56. The van der Waals surface area contributed by atoms with E-state index in [0.29, 0.717) is 6.42 Å². The first-order valence-corrected chi connectivity index (χ1v) is 6.10. The molecule has 1 unspecified atom stereocenters. The number of hydrogen-bond acceptors (Lipinski definition) is 3. The molecule has 0 spiro atoms. The maximum absolute atomic E-state index is 12.0. The topological polar surface area (TPSA) is 78.4 Å². The molecule has 0 fully saturated rings. The number of benzene rings is 1. The highest BCUT2D eigenvalue weighted by Gasteiger charge is 2.29. The van der Waals surface area contributed by atoms with Crippen LogP contribution in [0, 0.1) is 0 Å². The van der Waals surface area contributed by atoms with Gasteiger partial charge in [-0.1, -0.05) is 24.3 Å². The van der Waals surface area contributed by atoms with Crippen LogP contribution < -0.4 is 10.6 Å². The van der Waals surface area contributed by atoms with Crippen LogP contribution in [-0.2, 0) is 16.0 Å². The van der Waals surface area contributed by atoms with Gasteiger partial charge in [-0.2, -0.15) is 0 Å². The molecule has 1 aromatic carbocycles. The normalized spacial score (nSPS) is 18.0. The fraction of sp³-hybridized carbons (Fsp3) is 0.286. The average Bonchev–Trinajstić information content (AvgIpc) is 2.81. The molecule has 2 rings (SSSR count). The highest BCUT2D eigenvalue weighted by molar-refractivity contribution is 5.90. The molecule has 1 aliphatic heterocycles. The third-order valence-corrected chi connectivity index (χ3v) is 3.10. The zero-order valence-corrected chi connectivity index (χ0v) is 10.4. The summed E-state index contributed by atoms with van der Waals surface area (Å²) in [5.41, 5.74) is 2.00. The highest BCUT2D eigenvalue weighted by atomic mass is 16.4. The molecule has 1 aliphatic rings. The van der Waals surface area contributed by atoms with E-state index in [9.17, 15) is 9.59 Å². The maximum Gasteiger partial charge on any atom is 0.326 e. The molecule has 0 saturated heterocycles. The second-order valence-corrected chi connectivity index (χ2v) is 4.48. The Morgan fingerprint density at radius 2 is 2.26 bits per heavy atom. The molecule has 0 aliphatic carbocycles. The van der Waals surface area contributed by atoms with Crippen molar-refractivity contribution in [2.45, 2.75) is 24.9 Å². The van der Waals surface area contributed by atoms with Crippen molar-refractivity contribution >= 4 is 17.6 Å². The van der Waals surface area contributed by atoms with Crippen molar-refractivity contribution in [1.82, 2.24) is 5.32 Å². The van der Waals surface area contributed by atoms with E-state index in [1.807, 2.05) is 24.3 Å². The molecular weight excluding hydrogens is 244 g/mol. The van der Waals surface area contributed by atoms with Gasteiger partial charge in [0.15, 0.2) is 0 Å². The van der Waals surface area contributed by atoms with E-state index >= 15 is 0 Å². The lowest BCUT2D eigenvalue weighted by atomic mass is 10.1. The van der Waals surface area contributed by atoms with Gasteiger partial charge in [0.1, 0.15) is 12.1 Å². The van der Waals surface area contributed by atoms with Crippen LogP contribution in [0.5, 0.6) is 0 Å². The first-order chi connectivity index (χ1) is 9.11. The quantitative estimate of drug-likeness (QED) is 0.694. The number of anilines is 1. The Bertz CT molecular complexity index is 488. The number of para-hydroxylation sites is 1. The van der Waals surface area contributed by atoms with Gasteiger partial charge in [0.25, 0.3) is 0 Å². The number of aliphatic carboxylic acids is 1. The van der Waals surface area contributed by atoms with Gasteiger partial charge in [0.2, 0.25) is 5.91 Å². The van der Waals surface area contributed by atoms with Crippen LogP contribution in [-0.4, -0.2) is 29.1 Å². The van der Waals surface area contributed by atoms with Gasteiger partial charge in [-0.25, -0.2) is 4.79 Å². The predicted molar refractivity (Wildman–Crippen MR) is 71.9 cm³/mol. The molecule has 0 aromatic heterocycles. The molecule has 0 bridgehead atoms. The summed E-state index contributed by atoms with van der Waals surface area (Å²) in [5.74, 6) is -1.35. The number of carboxylic acids is 1. The fourth-order valence-electron chi connectivity index (χ4n) is 2.12. The Morgan fingerprint density at radius 1 is 1.53 bits per heavy atom. The molecular formula is C14H16N2O3. The van der Waals surface area contributed by atoms with E-state index in [-0.39, 0.29) is 12.3 Å². The van der Waals surface area contributed by atoms with Crippen molar-refractivity contribution in [2.75, 3.05) is 5.32 Å². The lowest BCUT2D eigenvalue weighted by Crippen LogP contribution is -2.47. The first-order valence-electron chi connectivity index (χ1n) is 6.10. The molecule has 5 heteroatoms. The monoisotopic (exact) mass is 260 g/mol. The second-order valence-electron chi connectivity index (χ2n) is 4.48. The molecule has 0 saturated carbocycles. The van der Waals surface area contributed by atoms with Gasteiger partial charge in [0.05, 0.1) is 0 Å². The first kappa shape index (κ1) is 13.1. The lowest BCUT2D eigenvalue weighted by molar-refractivity contribution is -0.141. The summed E-state index contributed by atoms with van der Waals surface area (Å²) in [6.45, 7) is 3.49. The van der Waals surface area contributed by atoms with Crippen molar-refractivity contribution < 1.29 is 14.7 Å². The molecule has 1 aromatic rings. The molecule has 19 heavy (non-hydrogen) atoms. The summed E-state index contributed by atoms with van der Waals surface area (Å²) in [4.78, 5) is 23.0. The maximum atomic E-state index is 12.0. The standard InChI is InChI=1S/C14H16N2O3/c1-2-5-11(14(18)19)16-13(17)12-8-9-6-3-4-7-10(9)15-12/h2-4,6-7,11-12,15H,1,5,8H2,(H,16,17)(H,18,19)/t11?,12-/m0/s1. The van der Waals surface area contributed by atoms with Crippen molar-refractivity contribution in [1.29, 1.82) is 0 Å². The Hall–Kier alpha value is -2.30. The van der Waals surface area contributed by atoms with Crippen LogP contribution in [0.25, 0.3) is 0 Å². The van der Waals surface area contributed by atoms with E-state index in [1.54, 1.807) is 0 Å². The van der Waals surface area contributed by atoms with Crippen molar-refractivity contribution in [3.05, 3.63) is 42.5 Å². The van der Waals surface area contributed by atoms with E-state index in [4.69, 9.17) is 5.11 Å². The minimum atomic E-state index is -1.05. The van der Waals surface area contributed by atoms with Gasteiger partial charge in [0, 0.05) is 12.1 Å². The fourth-order valence-corrected chi connectivity index (χ4v) is 2.12. The third kappa shape index (κ3) is 2.93. The Kier molecular flexibility index (Phi) is 3.85. The smallest absolute Gasteiger partial charge is 0.326 e. The van der Waals surface area contributed by atoms with Gasteiger partial charge in [-0.3, -0.25) is 4.79 Å². The van der Waals surface area contributed by atoms with Gasteiger partial charge in [-0.05, 0) is 18.1 Å². The van der Waals surface area contributed by atoms with Gasteiger partial charge >= 0.3 is 5.97 Å². The minimum absolute atomic E-state index is 0.209. The van der Waals surface area contributed by atoms with E-state index in [0.717, 1.165) is 11.3 Å². The minimum Gasteiger partial charge on any atom is -0.480 e. The van der Waals surface area contributed by atoms with Crippen molar-refractivity contribution in [2.24, 2.45) is 0 Å². The van der Waals surface area contributed by atoms with Gasteiger partial charge < -0.3 is 15.7 Å². The van der Waals surface area contributed by atoms with E-state index in [2.05, 4.69) is 17.2 Å². The molecule has 1 heterocycles. The molecule has 100 valence electrons. The number of carbonyl (C=O) groups is 2. The lowest BCUT2D eigenvalue weighted by Gasteiger charge is -2.16. The summed E-state index contributed by atoms with van der Waals surface area (Å²) < 4.78 is 0. The number of amides is 1. The Morgan fingerprint density at radius 3 is 2.89 bits per heavy atom. The van der Waals surface area contributed by atoms with Crippen molar-refractivity contribution in [3.8, 4) is 0 Å². The van der Waals surface area contributed by atoms with E-state index < -0.39 is 18.1 Å². The predicted octanol–water partition coefficient (Wildman–Crippen LogP) is 1.17. The molecule has 5 nitrogen and oxygen atoms in total. The number of nitrogens with one attached hydrogen (secondary N) is 2. The summed E-state index contributed by atoms with van der Waals surface area (Å²) >= 11 is 0. The largest absolute Gasteiger partial charge is 0.480 e. The Labute approximate surface area is 111 Å². The number of rotatable bonds is 5. The van der Waals surface area contributed by atoms with Crippen LogP contribution in [0.4, 0.5) is 5.69 Å². The molecule has 1 amide bonds. The summed E-state index contributed by atoms with van der Waals surface area (Å²) in [7, 11) is 0. The molecule has 2 atom stereocenters. The van der Waals surface area contributed by atoms with E-state index in [1.165, 1.54) is 6.08 Å². The Balaban J connectivity index is 1.99. The summed E-state index contributed by atoms with van der Waals surface area (Å²) in [5, 5.41) is 14.6. The van der Waals surface area contributed by atoms with Crippen LogP contribution in [0.15, 0.2) is 36.9 Å². The van der Waals surface area contributed by atoms with Crippen LogP contribution in [0.1, 0.15) is 12.0 Å². The zero-order valence-electron chi connectivity index (χ0n) is 10.4. The van der Waals surface area contributed by atoms with Crippen LogP contribution >= 0.6 is 0 Å². The number of fused-ring (bicyclic) bond motifs is 1. The van der Waals surface area contributed by atoms with Crippen molar-refractivity contribution in [3.63, 3.8) is 0 Å². The average molecular weight is 260 g/mol. The molecule has 3 N–H and O–H groups in total. The zero-order chi connectivity index (χ0) is 13.8. The van der Waals surface area contributed by atoms with Crippen LogP contribution in [0.3, 0.4) is 0 Å². The van der Waals surface area contributed by atoms with Crippen LogP contribution in [0.2, 0.25) is 0 Å². The number of hydrogen-bond donors (Lipinski definition) is 3. The SMILES string of the molecule is C=CCC(NC(=O)[C@@H]1Cc2ccccc2N1)C(=O)O. The summed E-state index contributed by atoms with van der Waals surface area (Å²) in [6, 6.07) is 6.33. The summed E-state index contributed by atoms with van der Waals surface area (Å²) in [6.07, 6.45) is 2.26. The number of carboxylic acid groups (broad SMARTS) is 1. The third-order valence-electron chi connectivity index (χ3n) is 3.10. The molecule has 0 radical (unpaired) electrons. The highest BCUT2D eigenvalue weighted by Crippen LogP contribution is 2.25.